The van der Waals surface area contributed by atoms with Gasteiger partial charge in [-0.15, -0.1) is 0 Å². The van der Waals surface area contributed by atoms with Gasteiger partial charge in [-0.1, -0.05) is 0 Å². The van der Waals surface area contributed by atoms with Gasteiger partial charge in [0.05, 0.1) is 72.0 Å². The van der Waals surface area contributed by atoms with Gasteiger partial charge in [0.25, 0.3) is 17.7 Å². The molecule has 562 valence electrons. The Labute approximate surface area is 628 Å². The van der Waals surface area contributed by atoms with E-state index < -0.39 is 18.0 Å². The SMILES string of the molecule is Cn1c(-c2cc3cccnc3[nH]2)cc2cc(OC(CCO)C(N)=O)ccc21.Cn1c(-c2cc3cccnc3[nH]2)cc2cc(OCC(=O)N(CCO)CCO)ccc21.Cn1c(-c2cc3cccnc3[nH]2)cc2cc(OCC(=O)N3CCOCC3)ccc21.Cn1c(-c2cc3cccnc3[nH]2)cc2cc(OCC(=O)O)ccc21. The van der Waals surface area contributed by atoms with Gasteiger partial charge < -0.3 is 97.8 Å². The molecule has 1 saturated heterocycles. The standard InChI is InChI=1S/C22H24N4O4.C22H22N4O3.C20H20N4O3.C18H15N3O3/c1-25-19-5-4-17(30-14-21(29)26(7-9-27)8-10-28)11-16(19)13-20(25)18-12-15-3-2-6-23-22(15)24-18;1-25-19-5-4-17(29-14-21(27)26-7-9-28-10-8-26)11-16(19)13-20(25)18-12-15-3-2-6-23-22(15)24-18;1-24-16-5-4-14(27-18(6-8-25)19(21)26)9-13(16)11-17(24)15-10-12-3-2-7-22-20(12)23-15;1-21-15-5-4-13(24-10-17(22)23)7-12(15)9-16(21)14-8-11-3-2-6-19-18(11)20-14/h2-6,11-13,27-28H,7-10,14H2,1H3,(H,23,24);2-6,11-13H,7-10,14H2,1H3,(H,23,24);2-5,7,9-11,18,25H,6,8H2,1H3,(H2,21,26)(H,22,23);2-9H,10H2,1H3,(H,19,20)(H,22,23). The summed E-state index contributed by atoms with van der Waals surface area (Å²) >= 11 is 0. The fourth-order valence-corrected chi connectivity index (χ4v) is 13.6. The highest BCUT2D eigenvalue weighted by Gasteiger charge is 2.22. The Balaban J connectivity index is 0.000000123. The van der Waals surface area contributed by atoms with Crippen LogP contribution in [0.3, 0.4) is 0 Å². The number of pyridine rings is 4. The van der Waals surface area contributed by atoms with Crippen LogP contribution in [-0.4, -0.2) is 197 Å². The Hall–Kier alpha value is -13.3. The number of amides is 3. The fraction of sp³-hybridized carbons (Fsp3) is 0.220. The van der Waals surface area contributed by atoms with Crippen molar-refractivity contribution in [2.45, 2.75) is 12.5 Å². The second-order valence-electron chi connectivity index (χ2n) is 26.3. The lowest BCUT2D eigenvalue weighted by atomic mass is 10.2. The van der Waals surface area contributed by atoms with Crippen LogP contribution in [0.25, 0.3) is 133 Å². The summed E-state index contributed by atoms with van der Waals surface area (Å²) in [7, 11) is 8.03. The Kier molecular flexibility index (Phi) is 22.0. The third-order valence-corrected chi connectivity index (χ3v) is 19.3. The first-order valence-electron chi connectivity index (χ1n) is 35.6. The zero-order valence-electron chi connectivity index (χ0n) is 60.8. The van der Waals surface area contributed by atoms with Gasteiger partial charge in [-0.2, -0.15) is 0 Å². The van der Waals surface area contributed by atoms with Gasteiger partial charge in [-0.3, -0.25) is 14.4 Å². The Morgan fingerprint density at radius 1 is 0.455 bits per heavy atom. The monoisotopic (exact) mass is 1480 g/mol. The Bertz CT molecular complexity index is 5870. The predicted molar refractivity (Wildman–Crippen MR) is 420 cm³/mol. The van der Waals surface area contributed by atoms with Crippen LogP contribution in [0.2, 0.25) is 0 Å². The van der Waals surface area contributed by atoms with Gasteiger partial charge in [0, 0.05) is 157 Å². The molecule has 17 rings (SSSR count). The van der Waals surface area contributed by atoms with Crippen LogP contribution < -0.4 is 24.7 Å². The summed E-state index contributed by atoms with van der Waals surface area (Å²) in [6, 6.07) is 55.1. The van der Waals surface area contributed by atoms with Crippen molar-refractivity contribution in [3.8, 4) is 68.5 Å². The number of aliphatic hydroxyl groups is 3. The number of hydrogen-bond acceptors (Lipinski definition) is 16. The first-order chi connectivity index (χ1) is 53.5. The van der Waals surface area contributed by atoms with Crippen molar-refractivity contribution >= 4 is 111 Å². The van der Waals surface area contributed by atoms with Gasteiger partial charge in [0.1, 0.15) is 45.6 Å². The molecule has 16 aromatic rings. The number of carbonyl (C=O) groups is 4. The van der Waals surface area contributed by atoms with Crippen molar-refractivity contribution in [1.29, 1.82) is 0 Å². The van der Waals surface area contributed by atoms with Crippen LogP contribution in [0, 0.1) is 0 Å². The van der Waals surface area contributed by atoms with E-state index in [1.165, 1.54) is 4.90 Å². The number of morpholine rings is 1. The summed E-state index contributed by atoms with van der Waals surface area (Å²) in [4.78, 5) is 80.6. The number of rotatable bonds is 22. The maximum Gasteiger partial charge on any atom is 0.341 e. The number of fused-ring (bicyclic) bond motifs is 8. The average molecular weight is 1480 g/mol. The molecule has 0 radical (unpaired) electrons. The highest BCUT2D eigenvalue weighted by atomic mass is 16.5. The van der Waals surface area contributed by atoms with E-state index in [1.54, 1.807) is 41.8 Å². The van der Waals surface area contributed by atoms with E-state index in [9.17, 15) is 19.2 Å². The number of primary amides is 1. The summed E-state index contributed by atoms with van der Waals surface area (Å²) in [5.41, 5.74) is 21.0. The van der Waals surface area contributed by atoms with E-state index in [0.29, 0.717) is 49.3 Å². The highest BCUT2D eigenvalue weighted by Crippen LogP contribution is 2.36. The van der Waals surface area contributed by atoms with Gasteiger partial charge in [0.15, 0.2) is 25.9 Å². The van der Waals surface area contributed by atoms with Crippen molar-refractivity contribution in [2.75, 3.05) is 79.0 Å². The molecule has 1 fully saturated rings. The number of carboxylic acids is 1. The number of ether oxygens (including phenoxy) is 5. The van der Waals surface area contributed by atoms with Gasteiger partial charge in [-0.25, -0.2) is 24.7 Å². The molecule has 0 spiro atoms. The number of hydrogen-bond donors (Lipinski definition) is 9. The van der Waals surface area contributed by atoms with Gasteiger partial charge in [0.2, 0.25) is 0 Å². The Morgan fingerprint density at radius 3 is 1.14 bits per heavy atom. The van der Waals surface area contributed by atoms with Gasteiger partial charge >= 0.3 is 5.97 Å². The van der Waals surface area contributed by atoms with Crippen LogP contribution >= 0.6 is 0 Å². The quantitative estimate of drug-likeness (QED) is 0.0304. The van der Waals surface area contributed by atoms with Crippen LogP contribution in [0.4, 0.5) is 0 Å². The van der Waals surface area contributed by atoms with E-state index >= 15 is 0 Å². The molecule has 1 aliphatic heterocycles. The Morgan fingerprint density at radius 2 is 0.800 bits per heavy atom. The number of benzene rings is 4. The number of carbonyl (C=O) groups excluding carboxylic acids is 3. The number of nitrogens with zero attached hydrogens (tertiary/aromatic N) is 10. The first-order valence-corrected chi connectivity index (χ1v) is 35.6. The molecular formula is C82H81N15O13. The molecule has 0 aliphatic carbocycles. The maximum atomic E-state index is 12.3. The summed E-state index contributed by atoms with van der Waals surface area (Å²) < 4.78 is 36.1. The molecule has 0 bridgehead atoms. The number of aromatic amines is 4. The van der Waals surface area contributed by atoms with E-state index in [0.717, 1.165) is 133 Å². The molecule has 1 atom stereocenters. The number of nitrogens with one attached hydrogen (secondary N) is 4. The third kappa shape index (κ3) is 16.2. The molecule has 28 nitrogen and oxygen atoms in total. The van der Waals surface area contributed by atoms with Crippen molar-refractivity contribution < 1.29 is 63.3 Å². The molecule has 3 amide bonds. The van der Waals surface area contributed by atoms with Crippen molar-refractivity contribution in [3.63, 3.8) is 0 Å². The zero-order chi connectivity index (χ0) is 76.5. The predicted octanol–water partition coefficient (Wildman–Crippen LogP) is 10.4. The smallest absolute Gasteiger partial charge is 0.341 e. The minimum atomic E-state index is -0.991. The summed E-state index contributed by atoms with van der Waals surface area (Å²) in [5, 5.41) is 44.2. The molecule has 1 aliphatic rings. The van der Waals surface area contributed by atoms with E-state index in [-0.39, 0.29) is 71.0 Å². The molecule has 13 heterocycles. The minimum absolute atomic E-state index is 0.00674. The summed E-state index contributed by atoms with van der Waals surface area (Å²) in [5.74, 6) is 0.479. The third-order valence-electron chi connectivity index (χ3n) is 19.3. The van der Waals surface area contributed by atoms with Crippen LogP contribution in [0.15, 0.2) is 195 Å². The molecule has 1 unspecified atom stereocenters. The number of aliphatic carboxylic acids is 1. The lowest BCUT2D eigenvalue weighted by Crippen LogP contribution is -2.42. The van der Waals surface area contributed by atoms with Crippen LogP contribution in [0.5, 0.6) is 23.0 Å². The van der Waals surface area contributed by atoms with Crippen LogP contribution in [-0.2, 0) is 52.1 Å². The second kappa shape index (κ2) is 32.8. The van der Waals surface area contributed by atoms with E-state index in [4.69, 9.17) is 49.8 Å². The molecule has 28 heteroatoms. The van der Waals surface area contributed by atoms with Crippen molar-refractivity contribution in [2.24, 2.45) is 33.9 Å². The van der Waals surface area contributed by atoms with E-state index in [2.05, 4.69) is 101 Å². The average Bonchev–Trinajstić information content (AvgIpc) is 1.63. The number of nitrogens with two attached hydrogens (primary N) is 1. The molecule has 4 aromatic carbocycles. The maximum absolute atomic E-state index is 12.3. The molecule has 0 saturated carbocycles. The van der Waals surface area contributed by atoms with Gasteiger partial charge in [-0.05, 0) is 170 Å². The van der Waals surface area contributed by atoms with Crippen molar-refractivity contribution in [1.82, 2.24) is 67.9 Å². The molecular weight excluding hydrogens is 1400 g/mol. The highest BCUT2D eigenvalue weighted by molar-refractivity contribution is 5.95. The number of carboxylic acid groups (broad SMARTS) is 1. The number of aryl methyl sites for hydroxylation is 4. The second-order valence-corrected chi connectivity index (χ2v) is 26.3. The lowest BCUT2D eigenvalue weighted by Gasteiger charge is -2.26. The minimum Gasteiger partial charge on any atom is -0.484 e. The van der Waals surface area contributed by atoms with Crippen LogP contribution in [0.1, 0.15) is 6.42 Å². The van der Waals surface area contributed by atoms with Crippen molar-refractivity contribution in [3.05, 3.63) is 195 Å². The molecule has 10 N–H and O–H groups in total. The largest absolute Gasteiger partial charge is 0.484 e. The number of aromatic nitrogens is 12. The van der Waals surface area contributed by atoms with E-state index in [1.807, 2.05) is 143 Å². The molecule has 110 heavy (non-hydrogen) atoms. The summed E-state index contributed by atoms with van der Waals surface area (Å²) in [6.45, 7) is 1.83. The number of aliphatic hydroxyl groups excluding tert-OH is 3. The topological polar surface area (TPSA) is 362 Å². The first kappa shape index (κ1) is 73.6. The normalized spacial score (nSPS) is 12.4. The summed E-state index contributed by atoms with van der Waals surface area (Å²) in [6.07, 6.45) is 6.37. The molecule has 12 aromatic heterocycles. The zero-order valence-corrected chi connectivity index (χ0v) is 60.8. The lowest BCUT2D eigenvalue weighted by molar-refractivity contribution is -0.139. The number of H-pyrrole nitrogens is 4. The fourth-order valence-electron chi connectivity index (χ4n) is 13.6.